The average Bonchev–Trinajstić information content (AvgIpc) is 2.82. The van der Waals surface area contributed by atoms with E-state index in [0.717, 1.165) is 21.2 Å². The number of nitrogens with zero attached hydrogens (tertiary/aromatic N) is 1. The fourth-order valence-corrected chi connectivity index (χ4v) is 4.18. The van der Waals surface area contributed by atoms with Crippen molar-refractivity contribution < 1.29 is 14.3 Å². The molecule has 0 bridgehead atoms. The molecule has 1 atom stereocenters. The molecule has 3 aromatic rings. The minimum Gasteiger partial charge on any atom is -0.484 e. The molecule has 178 valence electrons. The summed E-state index contributed by atoms with van der Waals surface area (Å²) in [4.78, 5) is 28.2. The normalized spacial score (nSPS) is 11.5. The van der Waals surface area contributed by atoms with Gasteiger partial charge >= 0.3 is 0 Å². The molecule has 0 aliphatic carbocycles. The number of carbonyl (C=O) groups is 2. The number of hydrogen-bond acceptors (Lipinski definition) is 3. The predicted molar refractivity (Wildman–Crippen MR) is 139 cm³/mol. The van der Waals surface area contributed by atoms with Crippen molar-refractivity contribution in [1.29, 1.82) is 0 Å². The minimum atomic E-state index is -0.690. The van der Waals surface area contributed by atoms with Gasteiger partial charge in [0, 0.05) is 29.0 Å². The van der Waals surface area contributed by atoms with E-state index < -0.39 is 6.04 Å². The predicted octanol–water partition coefficient (Wildman–Crippen LogP) is 5.57. The highest BCUT2D eigenvalue weighted by molar-refractivity contribution is 9.10. The number of hydrogen-bond donors (Lipinski definition) is 1. The van der Waals surface area contributed by atoms with E-state index in [1.165, 1.54) is 0 Å². The molecule has 0 fully saturated rings. The van der Waals surface area contributed by atoms with Crippen molar-refractivity contribution in [3.05, 3.63) is 99.0 Å². The van der Waals surface area contributed by atoms with Crippen molar-refractivity contribution >= 4 is 39.3 Å². The Hall–Kier alpha value is -2.83. The Morgan fingerprint density at radius 2 is 1.76 bits per heavy atom. The summed E-state index contributed by atoms with van der Waals surface area (Å²) in [7, 11) is 0. The number of aryl methyl sites for hydroxylation is 1. The lowest BCUT2D eigenvalue weighted by molar-refractivity contribution is -0.142. The van der Waals surface area contributed by atoms with Gasteiger partial charge in [0.2, 0.25) is 5.91 Å². The van der Waals surface area contributed by atoms with Crippen LogP contribution in [-0.2, 0) is 22.6 Å². The molecular weight excluding hydrogens is 516 g/mol. The van der Waals surface area contributed by atoms with Gasteiger partial charge in [-0.1, -0.05) is 70.0 Å². The van der Waals surface area contributed by atoms with Crippen LogP contribution in [0.3, 0.4) is 0 Å². The number of halogens is 2. The second-order valence-corrected chi connectivity index (χ2v) is 9.27. The number of amides is 2. The SMILES string of the molecule is CCNC(=O)[C@H](Cc1ccccc1)N(Cc1cccc(Br)c1)C(=O)COc1ccc(Cl)c(C)c1. The third-order valence-corrected chi connectivity index (χ3v) is 6.27. The fraction of sp³-hybridized carbons (Fsp3) is 0.259. The first-order chi connectivity index (χ1) is 16.4. The second kappa shape index (κ2) is 12.6. The molecule has 0 aliphatic heterocycles. The maximum absolute atomic E-state index is 13.5. The Bertz CT molecular complexity index is 1120. The molecule has 0 saturated carbocycles. The topological polar surface area (TPSA) is 58.6 Å². The van der Waals surface area contributed by atoms with Gasteiger partial charge < -0.3 is 15.0 Å². The van der Waals surface area contributed by atoms with Gasteiger partial charge in [-0.25, -0.2) is 0 Å². The molecule has 7 heteroatoms. The van der Waals surface area contributed by atoms with Gasteiger partial charge in [-0.2, -0.15) is 0 Å². The number of ether oxygens (including phenoxy) is 1. The van der Waals surface area contributed by atoms with Gasteiger partial charge in [-0.3, -0.25) is 9.59 Å². The molecule has 1 N–H and O–H groups in total. The quantitative estimate of drug-likeness (QED) is 0.364. The molecular formula is C27H28BrClN2O3. The van der Waals surface area contributed by atoms with E-state index in [1.54, 1.807) is 23.1 Å². The van der Waals surface area contributed by atoms with Gasteiger partial charge in [0.25, 0.3) is 5.91 Å². The summed E-state index contributed by atoms with van der Waals surface area (Å²) in [6.45, 7) is 4.30. The molecule has 0 aromatic heterocycles. The van der Waals surface area contributed by atoms with Crippen molar-refractivity contribution in [1.82, 2.24) is 10.2 Å². The molecule has 0 aliphatic rings. The fourth-order valence-electron chi connectivity index (χ4n) is 3.61. The summed E-state index contributed by atoms with van der Waals surface area (Å²) in [5, 5.41) is 3.52. The van der Waals surface area contributed by atoms with Crippen LogP contribution < -0.4 is 10.1 Å². The molecule has 0 unspecified atom stereocenters. The van der Waals surface area contributed by atoms with E-state index >= 15 is 0 Å². The van der Waals surface area contributed by atoms with Crippen molar-refractivity contribution in [2.75, 3.05) is 13.2 Å². The largest absolute Gasteiger partial charge is 0.484 e. The van der Waals surface area contributed by atoms with Gasteiger partial charge in [0.15, 0.2) is 6.61 Å². The van der Waals surface area contributed by atoms with Crippen LogP contribution >= 0.6 is 27.5 Å². The highest BCUT2D eigenvalue weighted by Gasteiger charge is 2.30. The minimum absolute atomic E-state index is 0.195. The number of likely N-dealkylation sites (N-methyl/N-ethyl adjacent to an activating group) is 1. The Labute approximate surface area is 214 Å². The van der Waals surface area contributed by atoms with E-state index in [0.29, 0.717) is 23.7 Å². The average molecular weight is 544 g/mol. The van der Waals surface area contributed by atoms with Crippen LogP contribution in [-0.4, -0.2) is 35.9 Å². The summed E-state index contributed by atoms with van der Waals surface area (Å²) in [5.74, 6) is 0.0760. The summed E-state index contributed by atoms with van der Waals surface area (Å²) in [5.41, 5.74) is 2.74. The lowest BCUT2D eigenvalue weighted by Gasteiger charge is -2.31. The van der Waals surface area contributed by atoms with Crippen molar-refractivity contribution in [3.8, 4) is 5.75 Å². The number of nitrogens with one attached hydrogen (secondary N) is 1. The number of benzene rings is 3. The van der Waals surface area contributed by atoms with Crippen LogP contribution in [0.4, 0.5) is 0 Å². The van der Waals surface area contributed by atoms with Gasteiger partial charge in [0.05, 0.1) is 0 Å². The Morgan fingerprint density at radius 3 is 2.44 bits per heavy atom. The van der Waals surface area contributed by atoms with E-state index in [2.05, 4.69) is 21.2 Å². The Kier molecular flexibility index (Phi) is 9.54. The molecule has 3 aromatic carbocycles. The highest BCUT2D eigenvalue weighted by Crippen LogP contribution is 2.22. The third-order valence-electron chi connectivity index (χ3n) is 5.36. The molecule has 0 radical (unpaired) electrons. The molecule has 0 heterocycles. The Morgan fingerprint density at radius 1 is 1.03 bits per heavy atom. The zero-order chi connectivity index (χ0) is 24.5. The number of rotatable bonds is 10. The van der Waals surface area contributed by atoms with Gasteiger partial charge in [-0.05, 0) is 60.9 Å². The first-order valence-electron chi connectivity index (χ1n) is 11.1. The van der Waals surface area contributed by atoms with Crippen molar-refractivity contribution in [2.45, 2.75) is 32.9 Å². The first kappa shape index (κ1) is 25.8. The first-order valence-corrected chi connectivity index (χ1v) is 12.3. The third kappa shape index (κ3) is 7.34. The maximum Gasteiger partial charge on any atom is 0.261 e. The highest BCUT2D eigenvalue weighted by atomic mass is 79.9. The summed E-state index contributed by atoms with van der Waals surface area (Å²) in [6, 6.07) is 22.0. The lowest BCUT2D eigenvalue weighted by atomic mass is 10.0. The lowest BCUT2D eigenvalue weighted by Crippen LogP contribution is -2.51. The van der Waals surface area contributed by atoms with E-state index in [-0.39, 0.29) is 25.0 Å². The van der Waals surface area contributed by atoms with Crippen LogP contribution in [0.2, 0.25) is 5.02 Å². The molecule has 3 rings (SSSR count). The molecule has 5 nitrogen and oxygen atoms in total. The number of carbonyl (C=O) groups excluding carboxylic acids is 2. The van der Waals surface area contributed by atoms with Crippen LogP contribution in [0.5, 0.6) is 5.75 Å². The van der Waals surface area contributed by atoms with Crippen LogP contribution in [0.15, 0.2) is 77.3 Å². The molecule has 2 amide bonds. The van der Waals surface area contributed by atoms with Gasteiger partial charge in [-0.15, -0.1) is 0 Å². The summed E-state index contributed by atoms with van der Waals surface area (Å²) >= 11 is 9.59. The zero-order valence-corrected chi connectivity index (χ0v) is 21.6. The molecule has 0 spiro atoms. The van der Waals surface area contributed by atoms with Gasteiger partial charge in [0.1, 0.15) is 11.8 Å². The summed E-state index contributed by atoms with van der Waals surface area (Å²) in [6.07, 6.45) is 0.395. The molecule has 34 heavy (non-hydrogen) atoms. The van der Waals surface area contributed by atoms with E-state index in [4.69, 9.17) is 16.3 Å². The van der Waals surface area contributed by atoms with E-state index in [9.17, 15) is 9.59 Å². The Balaban J connectivity index is 1.89. The van der Waals surface area contributed by atoms with Crippen LogP contribution in [0, 0.1) is 6.92 Å². The van der Waals surface area contributed by atoms with E-state index in [1.807, 2.05) is 68.4 Å². The smallest absolute Gasteiger partial charge is 0.261 e. The second-order valence-electron chi connectivity index (χ2n) is 7.95. The zero-order valence-electron chi connectivity index (χ0n) is 19.3. The van der Waals surface area contributed by atoms with Crippen molar-refractivity contribution in [3.63, 3.8) is 0 Å². The summed E-state index contributed by atoms with van der Waals surface area (Å²) < 4.78 is 6.70. The van der Waals surface area contributed by atoms with Crippen LogP contribution in [0.25, 0.3) is 0 Å². The molecule has 0 saturated heterocycles. The standard InChI is InChI=1S/C27H28BrClN2O3/c1-3-30-27(33)25(16-20-8-5-4-6-9-20)31(17-21-10-7-11-22(28)15-21)26(32)18-34-23-12-13-24(29)19(2)14-23/h4-15,25H,3,16-18H2,1-2H3,(H,30,33)/t25-/m0/s1. The maximum atomic E-state index is 13.5. The monoisotopic (exact) mass is 542 g/mol. The van der Waals surface area contributed by atoms with Crippen molar-refractivity contribution in [2.24, 2.45) is 0 Å². The van der Waals surface area contributed by atoms with Crippen LogP contribution in [0.1, 0.15) is 23.6 Å².